The Morgan fingerprint density at radius 1 is 0.968 bits per heavy atom. The third-order valence-corrected chi connectivity index (χ3v) is 6.71. The highest BCUT2D eigenvalue weighted by molar-refractivity contribution is 7.92. The number of anilines is 1. The van der Waals surface area contributed by atoms with E-state index >= 15 is 0 Å². The van der Waals surface area contributed by atoms with Gasteiger partial charge in [-0.3, -0.25) is 9.52 Å². The molecule has 1 aliphatic rings. The van der Waals surface area contributed by atoms with Gasteiger partial charge in [0, 0.05) is 31.7 Å². The summed E-state index contributed by atoms with van der Waals surface area (Å²) in [6, 6.07) is 11.8. The van der Waals surface area contributed by atoms with E-state index in [1.165, 1.54) is 6.07 Å². The number of sulfonamides is 1. The minimum absolute atomic E-state index is 0.0618. The first-order chi connectivity index (χ1) is 14.7. The number of aryl methyl sites for hydroxylation is 2. The zero-order valence-electron chi connectivity index (χ0n) is 17.9. The highest BCUT2D eigenvalue weighted by Gasteiger charge is 2.27. The van der Waals surface area contributed by atoms with E-state index in [1.807, 2.05) is 19.1 Å². The Balaban J connectivity index is 1.77. The monoisotopic (exact) mass is 445 g/mol. The zero-order chi connectivity index (χ0) is 22.6. The van der Waals surface area contributed by atoms with Crippen LogP contribution in [0.5, 0.6) is 0 Å². The average Bonchev–Trinajstić information content (AvgIpc) is 2.75. The van der Waals surface area contributed by atoms with E-state index in [4.69, 9.17) is 4.74 Å². The Labute approximate surface area is 182 Å². The van der Waals surface area contributed by atoms with Crippen LogP contribution in [0.3, 0.4) is 0 Å². The maximum atomic E-state index is 13.0. The van der Waals surface area contributed by atoms with Crippen LogP contribution in [0.4, 0.5) is 10.5 Å². The number of carbonyl (C=O) groups is 2. The number of para-hydroxylation sites is 1. The van der Waals surface area contributed by atoms with Gasteiger partial charge in [-0.25, -0.2) is 13.2 Å². The van der Waals surface area contributed by atoms with Gasteiger partial charge < -0.3 is 14.5 Å². The van der Waals surface area contributed by atoms with Gasteiger partial charge >= 0.3 is 6.09 Å². The summed E-state index contributed by atoms with van der Waals surface area (Å²) in [5.74, 6) is -0.268. The van der Waals surface area contributed by atoms with Crippen LogP contribution in [-0.4, -0.2) is 63.0 Å². The number of hydrogen-bond acceptors (Lipinski definition) is 5. The molecular formula is C22H27N3O5S. The van der Waals surface area contributed by atoms with Crippen LogP contribution in [-0.2, 0) is 14.8 Å². The van der Waals surface area contributed by atoms with Crippen molar-refractivity contribution in [2.45, 2.75) is 25.7 Å². The second-order valence-electron chi connectivity index (χ2n) is 7.38. The molecule has 0 aromatic heterocycles. The van der Waals surface area contributed by atoms with Gasteiger partial charge in [-0.2, -0.15) is 0 Å². The van der Waals surface area contributed by atoms with Gasteiger partial charge in [-0.1, -0.05) is 24.3 Å². The van der Waals surface area contributed by atoms with Crippen LogP contribution in [0.1, 0.15) is 28.4 Å². The summed E-state index contributed by atoms with van der Waals surface area (Å²) < 4.78 is 33.6. The molecule has 2 aromatic carbocycles. The molecule has 0 radical (unpaired) electrons. The molecule has 0 unspecified atom stereocenters. The number of benzene rings is 2. The van der Waals surface area contributed by atoms with Crippen molar-refractivity contribution >= 4 is 27.7 Å². The third-order valence-electron chi connectivity index (χ3n) is 5.21. The van der Waals surface area contributed by atoms with Crippen molar-refractivity contribution in [2.75, 3.05) is 37.5 Å². The molecule has 0 spiro atoms. The summed E-state index contributed by atoms with van der Waals surface area (Å²) in [5.41, 5.74) is 2.13. The molecule has 0 atom stereocenters. The maximum Gasteiger partial charge on any atom is 0.409 e. The first-order valence-corrected chi connectivity index (χ1v) is 11.6. The van der Waals surface area contributed by atoms with Gasteiger partial charge in [-0.15, -0.1) is 0 Å². The molecule has 0 saturated carbocycles. The lowest BCUT2D eigenvalue weighted by atomic mass is 10.1. The summed E-state index contributed by atoms with van der Waals surface area (Å²) in [4.78, 5) is 28.1. The Hall–Kier alpha value is -3.07. The summed E-state index contributed by atoms with van der Waals surface area (Å²) in [5, 5.41) is 0. The standard InChI is InChI=1S/C22H27N3O5S/c1-4-30-22(27)25-13-11-24(12-14-25)21(26)18-10-9-17(3)20(15-18)31(28,29)23-19-8-6-5-7-16(19)2/h5-10,15,23H,4,11-14H2,1-3H3. The lowest BCUT2D eigenvalue weighted by Gasteiger charge is -2.34. The van der Waals surface area contributed by atoms with Gasteiger partial charge in [0.15, 0.2) is 0 Å². The third kappa shape index (κ3) is 5.16. The first-order valence-electron chi connectivity index (χ1n) is 10.1. The summed E-state index contributed by atoms with van der Waals surface area (Å²) >= 11 is 0. The molecule has 1 saturated heterocycles. The van der Waals surface area contributed by atoms with Gasteiger partial charge in [0.2, 0.25) is 0 Å². The molecule has 166 valence electrons. The van der Waals surface area contributed by atoms with E-state index < -0.39 is 10.0 Å². The number of hydrogen-bond donors (Lipinski definition) is 1. The van der Waals surface area contributed by atoms with Gasteiger partial charge in [0.1, 0.15) is 0 Å². The van der Waals surface area contributed by atoms with Crippen molar-refractivity contribution in [3.05, 3.63) is 59.2 Å². The molecule has 1 heterocycles. The Morgan fingerprint density at radius 3 is 2.26 bits per heavy atom. The molecule has 2 aromatic rings. The van der Waals surface area contributed by atoms with E-state index in [0.29, 0.717) is 49.6 Å². The number of nitrogens with zero attached hydrogens (tertiary/aromatic N) is 2. The normalized spacial score (nSPS) is 14.3. The fourth-order valence-electron chi connectivity index (χ4n) is 3.40. The molecule has 0 aliphatic carbocycles. The topological polar surface area (TPSA) is 96.0 Å². The Bertz CT molecular complexity index is 1080. The smallest absolute Gasteiger partial charge is 0.409 e. The predicted octanol–water partition coefficient (Wildman–Crippen LogP) is 3.02. The quantitative estimate of drug-likeness (QED) is 0.763. The molecule has 1 fully saturated rings. The molecular weight excluding hydrogens is 418 g/mol. The van der Waals surface area contributed by atoms with Crippen molar-refractivity contribution in [1.29, 1.82) is 0 Å². The summed E-state index contributed by atoms with van der Waals surface area (Å²) in [6.07, 6.45) is -0.388. The largest absolute Gasteiger partial charge is 0.450 e. The number of ether oxygens (including phenoxy) is 1. The number of piperazine rings is 1. The van der Waals surface area contributed by atoms with Gasteiger partial charge in [0.05, 0.1) is 17.2 Å². The Kier molecular flexibility index (Phi) is 6.84. The highest BCUT2D eigenvalue weighted by atomic mass is 32.2. The van der Waals surface area contributed by atoms with Crippen molar-refractivity contribution in [3.63, 3.8) is 0 Å². The fraction of sp³-hybridized carbons (Fsp3) is 0.364. The average molecular weight is 446 g/mol. The molecule has 31 heavy (non-hydrogen) atoms. The summed E-state index contributed by atoms with van der Waals surface area (Å²) in [7, 11) is -3.87. The van der Waals surface area contributed by atoms with E-state index in [0.717, 1.165) is 5.56 Å². The first kappa shape index (κ1) is 22.6. The van der Waals surface area contributed by atoms with E-state index in [1.54, 1.807) is 47.9 Å². The molecule has 8 nitrogen and oxygen atoms in total. The molecule has 1 N–H and O–H groups in total. The Morgan fingerprint density at radius 2 is 1.61 bits per heavy atom. The van der Waals surface area contributed by atoms with Crippen molar-refractivity contribution in [2.24, 2.45) is 0 Å². The lowest BCUT2D eigenvalue weighted by molar-refractivity contribution is 0.0570. The highest BCUT2D eigenvalue weighted by Crippen LogP contribution is 2.23. The number of rotatable bonds is 5. The molecule has 9 heteroatoms. The molecule has 0 bridgehead atoms. The predicted molar refractivity (Wildman–Crippen MR) is 118 cm³/mol. The second-order valence-corrected chi connectivity index (χ2v) is 9.03. The van der Waals surface area contributed by atoms with Crippen LogP contribution in [0, 0.1) is 13.8 Å². The van der Waals surface area contributed by atoms with Crippen molar-refractivity contribution < 1.29 is 22.7 Å². The van der Waals surface area contributed by atoms with Gasteiger partial charge in [-0.05, 0) is 50.1 Å². The fourth-order valence-corrected chi connectivity index (χ4v) is 4.80. The van der Waals surface area contributed by atoms with Crippen LogP contribution in [0.2, 0.25) is 0 Å². The summed E-state index contributed by atoms with van der Waals surface area (Å²) in [6.45, 7) is 7.01. The van der Waals surface area contributed by atoms with Crippen LogP contribution in [0.15, 0.2) is 47.4 Å². The second kappa shape index (κ2) is 9.38. The molecule has 2 amide bonds. The van der Waals surface area contributed by atoms with Crippen LogP contribution < -0.4 is 4.72 Å². The van der Waals surface area contributed by atoms with Crippen molar-refractivity contribution in [1.82, 2.24) is 9.80 Å². The minimum Gasteiger partial charge on any atom is -0.450 e. The van der Waals surface area contributed by atoms with Gasteiger partial charge in [0.25, 0.3) is 15.9 Å². The number of carbonyl (C=O) groups excluding carboxylic acids is 2. The van der Waals surface area contributed by atoms with Crippen LogP contribution >= 0.6 is 0 Å². The van der Waals surface area contributed by atoms with E-state index in [2.05, 4.69) is 4.72 Å². The van der Waals surface area contributed by atoms with Crippen molar-refractivity contribution in [3.8, 4) is 0 Å². The lowest BCUT2D eigenvalue weighted by Crippen LogP contribution is -2.50. The minimum atomic E-state index is -3.87. The number of amides is 2. The van der Waals surface area contributed by atoms with E-state index in [-0.39, 0.29) is 16.9 Å². The maximum absolute atomic E-state index is 13.0. The molecule has 3 rings (SSSR count). The molecule has 1 aliphatic heterocycles. The zero-order valence-corrected chi connectivity index (χ0v) is 18.7. The van der Waals surface area contributed by atoms with E-state index in [9.17, 15) is 18.0 Å². The van der Waals surface area contributed by atoms with Crippen LogP contribution in [0.25, 0.3) is 0 Å². The number of nitrogens with one attached hydrogen (secondary N) is 1. The SMILES string of the molecule is CCOC(=O)N1CCN(C(=O)c2ccc(C)c(S(=O)(=O)Nc3ccccc3C)c2)CC1.